The lowest BCUT2D eigenvalue weighted by Crippen LogP contribution is -2.33. The van der Waals surface area contributed by atoms with Crippen molar-refractivity contribution in [3.63, 3.8) is 0 Å². The van der Waals surface area contributed by atoms with Gasteiger partial charge in [0.2, 0.25) is 0 Å². The van der Waals surface area contributed by atoms with Crippen LogP contribution in [-0.2, 0) is 0 Å². The number of nitrogens with one attached hydrogen (secondary N) is 1. The fourth-order valence-corrected chi connectivity index (χ4v) is 3.05. The third-order valence-electron chi connectivity index (χ3n) is 4.64. The van der Waals surface area contributed by atoms with Crippen molar-refractivity contribution in [3.05, 3.63) is 35.4 Å². The topological polar surface area (TPSA) is 12.0 Å². The van der Waals surface area contributed by atoms with Gasteiger partial charge in [0.15, 0.2) is 11.6 Å². The van der Waals surface area contributed by atoms with E-state index >= 15 is 0 Å². The molecule has 1 N–H and O–H groups in total. The van der Waals surface area contributed by atoms with E-state index in [0.717, 1.165) is 12.1 Å². The molecular weight excluding hydrogens is 244 g/mol. The minimum Gasteiger partial charge on any atom is -0.310 e. The second kappa shape index (κ2) is 6.00. The molecule has 106 valence electrons. The third-order valence-corrected chi connectivity index (χ3v) is 4.64. The molecule has 2 rings (SSSR count). The minimum atomic E-state index is -0.781. The Kier molecular flexibility index (Phi) is 4.56. The lowest BCUT2D eigenvalue weighted by atomic mass is 9.83. The van der Waals surface area contributed by atoms with E-state index < -0.39 is 11.6 Å². The summed E-state index contributed by atoms with van der Waals surface area (Å²) in [5.41, 5.74) is 1.22. The van der Waals surface area contributed by atoms with Crippen LogP contribution in [0.25, 0.3) is 0 Å². The van der Waals surface area contributed by atoms with E-state index in [1.54, 1.807) is 6.07 Å². The molecule has 1 aliphatic rings. The highest BCUT2D eigenvalue weighted by Crippen LogP contribution is 2.40. The fraction of sp³-hybridized carbons (Fsp3) is 0.625. The molecule has 1 aromatic carbocycles. The largest absolute Gasteiger partial charge is 0.310 e. The number of rotatable bonds is 5. The molecule has 1 fully saturated rings. The van der Waals surface area contributed by atoms with Gasteiger partial charge in [-0.2, -0.15) is 0 Å². The molecule has 0 amide bonds. The highest BCUT2D eigenvalue weighted by atomic mass is 19.2. The first-order chi connectivity index (χ1) is 9.06. The Morgan fingerprint density at radius 1 is 1.21 bits per heavy atom. The summed E-state index contributed by atoms with van der Waals surface area (Å²) in [5.74, 6) is -1.55. The van der Waals surface area contributed by atoms with Gasteiger partial charge >= 0.3 is 0 Å². The summed E-state index contributed by atoms with van der Waals surface area (Å²) in [6.45, 7) is 5.21. The molecule has 0 radical (unpaired) electrons. The Balaban J connectivity index is 1.96. The van der Waals surface area contributed by atoms with Crippen LogP contribution in [0.4, 0.5) is 8.78 Å². The van der Waals surface area contributed by atoms with E-state index in [4.69, 9.17) is 0 Å². The van der Waals surface area contributed by atoms with Gasteiger partial charge in [0, 0.05) is 12.6 Å². The predicted octanol–water partition coefficient (Wildman–Crippen LogP) is 4.59. The summed E-state index contributed by atoms with van der Waals surface area (Å²) >= 11 is 0. The molecule has 0 bridgehead atoms. The van der Waals surface area contributed by atoms with Gasteiger partial charge in [0.1, 0.15) is 0 Å². The molecule has 1 nitrogen and oxygen atoms in total. The molecule has 0 heterocycles. The maximum atomic E-state index is 13.2. The van der Waals surface area contributed by atoms with E-state index in [2.05, 4.69) is 12.2 Å². The van der Waals surface area contributed by atoms with E-state index in [1.165, 1.54) is 44.2 Å². The van der Waals surface area contributed by atoms with Gasteiger partial charge in [-0.25, -0.2) is 8.78 Å². The van der Waals surface area contributed by atoms with Crippen LogP contribution in [-0.4, -0.2) is 6.54 Å². The molecule has 3 heteroatoms. The van der Waals surface area contributed by atoms with Crippen LogP contribution in [0.15, 0.2) is 18.2 Å². The molecule has 1 atom stereocenters. The van der Waals surface area contributed by atoms with E-state index in [-0.39, 0.29) is 6.04 Å². The summed E-state index contributed by atoms with van der Waals surface area (Å²) in [6, 6.07) is 4.21. The normalized spacial score (nSPS) is 19.6. The summed E-state index contributed by atoms with van der Waals surface area (Å²) < 4.78 is 26.1. The van der Waals surface area contributed by atoms with Crippen LogP contribution in [0.2, 0.25) is 0 Å². The van der Waals surface area contributed by atoms with Gasteiger partial charge in [-0.15, -0.1) is 0 Å². The molecule has 0 saturated heterocycles. The molecule has 19 heavy (non-hydrogen) atoms. The quantitative estimate of drug-likeness (QED) is 0.823. The Morgan fingerprint density at radius 2 is 1.89 bits per heavy atom. The molecule has 1 aromatic rings. The molecule has 1 aliphatic carbocycles. The van der Waals surface area contributed by atoms with E-state index in [9.17, 15) is 8.78 Å². The van der Waals surface area contributed by atoms with Gasteiger partial charge < -0.3 is 5.32 Å². The summed E-state index contributed by atoms with van der Waals surface area (Å²) in [5, 5.41) is 3.49. The summed E-state index contributed by atoms with van der Waals surface area (Å²) in [6.07, 6.45) is 6.37. The minimum absolute atomic E-state index is 0.0547. The second-order valence-corrected chi connectivity index (χ2v) is 5.84. The summed E-state index contributed by atoms with van der Waals surface area (Å²) in [7, 11) is 0. The van der Waals surface area contributed by atoms with Crippen LogP contribution in [0, 0.1) is 17.0 Å². The standard InChI is InChI=1S/C16H23F2N/c1-3-16(8-4-5-9-16)11-19-12(2)13-6-7-14(17)15(18)10-13/h6-7,10,12,19H,3-5,8-9,11H2,1-2H3. The van der Waals surface area contributed by atoms with Crippen LogP contribution in [0.3, 0.4) is 0 Å². The van der Waals surface area contributed by atoms with Crippen molar-refractivity contribution in [2.24, 2.45) is 5.41 Å². The molecule has 0 aromatic heterocycles. The van der Waals surface area contributed by atoms with Crippen LogP contribution < -0.4 is 5.32 Å². The first-order valence-electron chi connectivity index (χ1n) is 7.25. The molecule has 0 aliphatic heterocycles. The van der Waals surface area contributed by atoms with Gasteiger partial charge in [-0.3, -0.25) is 0 Å². The third kappa shape index (κ3) is 3.33. The Hall–Kier alpha value is -0.960. The van der Waals surface area contributed by atoms with Crippen molar-refractivity contribution < 1.29 is 8.78 Å². The lowest BCUT2D eigenvalue weighted by molar-refractivity contribution is 0.258. The van der Waals surface area contributed by atoms with E-state index in [1.807, 2.05) is 6.92 Å². The molecule has 1 unspecified atom stereocenters. The van der Waals surface area contributed by atoms with Crippen LogP contribution in [0.5, 0.6) is 0 Å². The highest BCUT2D eigenvalue weighted by molar-refractivity contribution is 5.20. The number of hydrogen-bond acceptors (Lipinski definition) is 1. The van der Waals surface area contributed by atoms with Gasteiger partial charge in [0.05, 0.1) is 0 Å². The van der Waals surface area contributed by atoms with Crippen molar-refractivity contribution in [1.29, 1.82) is 0 Å². The number of hydrogen-bond donors (Lipinski definition) is 1. The smallest absolute Gasteiger partial charge is 0.159 e. The van der Waals surface area contributed by atoms with Crippen molar-refractivity contribution in [2.45, 2.75) is 52.0 Å². The zero-order valence-electron chi connectivity index (χ0n) is 11.8. The van der Waals surface area contributed by atoms with Crippen molar-refractivity contribution in [2.75, 3.05) is 6.54 Å². The fourth-order valence-electron chi connectivity index (χ4n) is 3.05. The average molecular weight is 267 g/mol. The van der Waals surface area contributed by atoms with Crippen LogP contribution >= 0.6 is 0 Å². The van der Waals surface area contributed by atoms with Crippen molar-refractivity contribution in [1.82, 2.24) is 5.32 Å². The zero-order valence-corrected chi connectivity index (χ0v) is 11.8. The van der Waals surface area contributed by atoms with Gasteiger partial charge in [-0.1, -0.05) is 25.8 Å². The Morgan fingerprint density at radius 3 is 2.47 bits per heavy atom. The maximum Gasteiger partial charge on any atom is 0.159 e. The zero-order chi connectivity index (χ0) is 13.9. The summed E-state index contributed by atoms with van der Waals surface area (Å²) in [4.78, 5) is 0. The lowest BCUT2D eigenvalue weighted by Gasteiger charge is -2.29. The van der Waals surface area contributed by atoms with Gasteiger partial charge in [-0.05, 0) is 49.3 Å². The maximum absolute atomic E-state index is 13.2. The van der Waals surface area contributed by atoms with Crippen molar-refractivity contribution >= 4 is 0 Å². The molecule has 1 saturated carbocycles. The monoisotopic (exact) mass is 267 g/mol. The predicted molar refractivity (Wildman–Crippen MR) is 74.0 cm³/mol. The Bertz CT molecular complexity index is 425. The van der Waals surface area contributed by atoms with Crippen LogP contribution in [0.1, 0.15) is 57.6 Å². The highest BCUT2D eigenvalue weighted by Gasteiger charge is 2.31. The Labute approximate surface area is 114 Å². The first-order valence-corrected chi connectivity index (χ1v) is 7.25. The van der Waals surface area contributed by atoms with Crippen molar-refractivity contribution in [3.8, 4) is 0 Å². The van der Waals surface area contributed by atoms with E-state index in [0.29, 0.717) is 5.41 Å². The SMILES string of the molecule is CCC1(CNC(C)c2ccc(F)c(F)c2)CCCC1. The molecular formula is C16H23F2N. The second-order valence-electron chi connectivity index (χ2n) is 5.84. The first kappa shape index (κ1) is 14.4. The number of halogens is 2. The molecule has 0 spiro atoms. The van der Waals surface area contributed by atoms with Gasteiger partial charge in [0.25, 0.3) is 0 Å². The number of benzene rings is 1. The average Bonchev–Trinajstić information content (AvgIpc) is 2.89.